The van der Waals surface area contributed by atoms with E-state index >= 15 is 0 Å². The van der Waals surface area contributed by atoms with Gasteiger partial charge in [-0.15, -0.1) is 10.2 Å². The van der Waals surface area contributed by atoms with Gasteiger partial charge in [0.25, 0.3) is 0 Å². The third-order valence-electron chi connectivity index (χ3n) is 3.11. The highest BCUT2D eigenvalue weighted by molar-refractivity contribution is 5.91. The van der Waals surface area contributed by atoms with E-state index in [0.29, 0.717) is 12.2 Å². The number of nitrogens with two attached hydrogens (primary N) is 1. The molecule has 0 aliphatic carbocycles. The molecule has 0 aliphatic rings. The molecule has 0 bridgehead atoms. The van der Waals surface area contributed by atoms with E-state index in [9.17, 15) is 0 Å². The lowest BCUT2D eigenvalue weighted by molar-refractivity contribution is 0.707. The van der Waals surface area contributed by atoms with Crippen LogP contribution in [-0.2, 0) is 13.1 Å². The highest BCUT2D eigenvalue weighted by Crippen LogP contribution is 2.21. The van der Waals surface area contributed by atoms with Gasteiger partial charge >= 0.3 is 0 Å². The molecule has 2 aromatic heterocycles. The summed E-state index contributed by atoms with van der Waals surface area (Å²) in [5, 5.41) is 12.1. The minimum absolute atomic E-state index is 0.550. The van der Waals surface area contributed by atoms with E-state index in [1.165, 1.54) is 6.33 Å². The van der Waals surface area contributed by atoms with Gasteiger partial charge in [-0.2, -0.15) is 0 Å². The van der Waals surface area contributed by atoms with Crippen molar-refractivity contribution in [3.8, 4) is 0 Å². The van der Waals surface area contributed by atoms with Crippen LogP contribution in [0, 0.1) is 0 Å². The average molecular weight is 269 g/mol. The van der Waals surface area contributed by atoms with Gasteiger partial charge in [-0.25, -0.2) is 9.97 Å². The molecule has 3 aromatic rings. The number of rotatable bonds is 4. The number of fused-ring (bicyclic) bond motifs is 1. The van der Waals surface area contributed by atoms with Crippen LogP contribution in [0.15, 0.2) is 30.9 Å². The lowest BCUT2D eigenvalue weighted by Gasteiger charge is -2.09. The molecule has 0 radical (unpaired) electrons. The fraction of sp³-hybridized carbons (Fsp3) is 0.231. The molecule has 1 aromatic carbocycles. The summed E-state index contributed by atoms with van der Waals surface area (Å²) in [6, 6.07) is 5.57. The topological polar surface area (TPSA) is 94.5 Å². The third-order valence-corrected chi connectivity index (χ3v) is 3.11. The molecule has 0 amide bonds. The number of aromatic nitrogens is 5. The number of nitrogen functional groups attached to an aromatic ring is 1. The predicted molar refractivity (Wildman–Crippen MR) is 77.0 cm³/mol. The molecule has 102 valence electrons. The fourth-order valence-electron chi connectivity index (χ4n) is 2.06. The second-order valence-corrected chi connectivity index (χ2v) is 4.39. The molecule has 0 aliphatic heterocycles. The van der Waals surface area contributed by atoms with Crippen molar-refractivity contribution in [3.05, 3.63) is 36.7 Å². The summed E-state index contributed by atoms with van der Waals surface area (Å²) in [5.74, 6) is 1.61. The molecule has 7 heteroatoms. The van der Waals surface area contributed by atoms with E-state index in [4.69, 9.17) is 5.73 Å². The van der Waals surface area contributed by atoms with Crippen molar-refractivity contribution < 1.29 is 0 Å². The van der Waals surface area contributed by atoms with Gasteiger partial charge < -0.3 is 15.6 Å². The van der Waals surface area contributed by atoms with Crippen molar-refractivity contribution in [3.63, 3.8) is 0 Å². The lowest BCUT2D eigenvalue weighted by atomic mass is 10.2. The highest BCUT2D eigenvalue weighted by atomic mass is 15.3. The Labute approximate surface area is 115 Å². The number of nitrogens with one attached hydrogen (secondary N) is 1. The van der Waals surface area contributed by atoms with Crippen LogP contribution in [0.1, 0.15) is 12.7 Å². The van der Waals surface area contributed by atoms with E-state index in [2.05, 4.69) is 25.5 Å². The van der Waals surface area contributed by atoms with Crippen molar-refractivity contribution in [2.24, 2.45) is 0 Å². The zero-order chi connectivity index (χ0) is 13.9. The molecule has 0 saturated heterocycles. The summed E-state index contributed by atoms with van der Waals surface area (Å²) in [5.41, 5.74) is 7.36. The number of nitrogens with zero attached hydrogens (tertiary/aromatic N) is 5. The van der Waals surface area contributed by atoms with Crippen LogP contribution < -0.4 is 11.1 Å². The zero-order valence-corrected chi connectivity index (χ0v) is 11.1. The molecule has 2 heterocycles. The summed E-state index contributed by atoms with van der Waals surface area (Å²) >= 11 is 0. The molecule has 0 spiro atoms. The zero-order valence-electron chi connectivity index (χ0n) is 11.1. The Morgan fingerprint density at radius 3 is 3.05 bits per heavy atom. The summed E-state index contributed by atoms with van der Waals surface area (Å²) < 4.78 is 1.98. The van der Waals surface area contributed by atoms with Crippen molar-refractivity contribution in [2.45, 2.75) is 20.0 Å². The number of hydrogen-bond donors (Lipinski definition) is 2. The van der Waals surface area contributed by atoms with Crippen molar-refractivity contribution in [2.75, 3.05) is 11.1 Å². The van der Waals surface area contributed by atoms with E-state index in [-0.39, 0.29) is 0 Å². The summed E-state index contributed by atoms with van der Waals surface area (Å²) in [7, 11) is 0. The molecule has 0 saturated carbocycles. The standard InChI is InChI=1S/C13H15N7/c1-2-20-8-18-19-12(20)6-15-13-10-5-9(14)3-4-11(10)16-7-17-13/h3-5,7-8H,2,6,14H2,1H3,(H,15,16,17). The molecule has 3 rings (SSSR count). The SMILES string of the molecule is CCn1cnnc1CNc1ncnc2ccc(N)cc12. The summed E-state index contributed by atoms with van der Waals surface area (Å²) in [4.78, 5) is 8.49. The average Bonchev–Trinajstić information content (AvgIpc) is 2.92. The third kappa shape index (κ3) is 2.25. The number of anilines is 2. The second kappa shape index (κ2) is 5.12. The van der Waals surface area contributed by atoms with Gasteiger partial charge in [-0.05, 0) is 25.1 Å². The Bertz CT molecular complexity index is 734. The van der Waals surface area contributed by atoms with Crippen LogP contribution in [0.5, 0.6) is 0 Å². The molecule has 0 unspecified atom stereocenters. The van der Waals surface area contributed by atoms with Gasteiger partial charge in [0.1, 0.15) is 18.5 Å². The Hall–Kier alpha value is -2.70. The molecular formula is C13H15N7. The van der Waals surface area contributed by atoms with Gasteiger partial charge in [0.05, 0.1) is 12.1 Å². The quantitative estimate of drug-likeness (QED) is 0.696. The Kier molecular flexibility index (Phi) is 3.16. The second-order valence-electron chi connectivity index (χ2n) is 4.39. The fourth-order valence-corrected chi connectivity index (χ4v) is 2.06. The molecule has 3 N–H and O–H groups in total. The Morgan fingerprint density at radius 1 is 1.30 bits per heavy atom. The number of aryl methyl sites for hydroxylation is 1. The van der Waals surface area contributed by atoms with Gasteiger partial charge in [0.15, 0.2) is 5.82 Å². The van der Waals surface area contributed by atoms with Crippen molar-refractivity contribution in [1.82, 2.24) is 24.7 Å². The molecular weight excluding hydrogens is 254 g/mol. The van der Waals surface area contributed by atoms with Gasteiger partial charge in [0.2, 0.25) is 0 Å². The number of hydrogen-bond acceptors (Lipinski definition) is 6. The van der Waals surface area contributed by atoms with Gasteiger partial charge in [-0.3, -0.25) is 0 Å². The maximum absolute atomic E-state index is 5.82. The first kappa shape index (κ1) is 12.3. The largest absolute Gasteiger partial charge is 0.399 e. The maximum atomic E-state index is 5.82. The van der Waals surface area contributed by atoms with E-state index in [1.807, 2.05) is 29.7 Å². The van der Waals surface area contributed by atoms with Crippen LogP contribution in [0.3, 0.4) is 0 Å². The van der Waals surface area contributed by atoms with Crippen LogP contribution in [-0.4, -0.2) is 24.7 Å². The van der Waals surface area contributed by atoms with Gasteiger partial charge in [0, 0.05) is 17.6 Å². The first-order valence-electron chi connectivity index (χ1n) is 6.38. The lowest BCUT2D eigenvalue weighted by Crippen LogP contribution is -2.09. The maximum Gasteiger partial charge on any atom is 0.152 e. The first-order chi connectivity index (χ1) is 9.78. The van der Waals surface area contributed by atoms with Crippen LogP contribution in [0.2, 0.25) is 0 Å². The smallest absolute Gasteiger partial charge is 0.152 e. The first-order valence-corrected chi connectivity index (χ1v) is 6.38. The van der Waals surface area contributed by atoms with E-state index in [1.54, 1.807) is 6.33 Å². The summed E-state index contributed by atoms with van der Waals surface area (Å²) in [6.45, 7) is 3.43. The van der Waals surface area contributed by atoms with Crippen LogP contribution in [0.25, 0.3) is 10.9 Å². The Morgan fingerprint density at radius 2 is 2.20 bits per heavy atom. The normalized spacial score (nSPS) is 10.8. The van der Waals surface area contributed by atoms with E-state index in [0.717, 1.165) is 29.1 Å². The molecule has 20 heavy (non-hydrogen) atoms. The predicted octanol–water partition coefficient (Wildman–Crippen LogP) is 1.44. The molecule has 0 fully saturated rings. The molecule has 0 atom stereocenters. The molecule has 7 nitrogen and oxygen atoms in total. The van der Waals surface area contributed by atoms with Crippen molar-refractivity contribution >= 4 is 22.4 Å². The Balaban J connectivity index is 1.89. The van der Waals surface area contributed by atoms with Crippen LogP contribution in [0.4, 0.5) is 11.5 Å². The van der Waals surface area contributed by atoms with Gasteiger partial charge in [-0.1, -0.05) is 0 Å². The number of benzene rings is 1. The van der Waals surface area contributed by atoms with E-state index < -0.39 is 0 Å². The van der Waals surface area contributed by atoms with Crippen molar-refractivity contribution in [1.29, 1.82) is 0 Å². The summed E-state index contributed by atoms with van der Waals surface area (Å²) in [6.07, 6.45) is 3.25. The highest BCUT2D eigenvalue weighted by Gasteiger charge is 2.06. The minimum atomic E-state index is 0.550. The van der Waals surface area contributed by atoms with Crippen LogP contribution >= 0.6 is 0 Å². The monoisotopic (exact) mass is 269 g/mol. The minimum Gasteiger partial charge on any atom is -0.399 e.